The van der Waals surface area contributed by atoms with Gasteiger partial charge in [-0.1, -0.05) is 69.7 Å². The first kappa shape index (κ1) is 17.4. The summed E-state index contributed by atoms with van der Waals surface area (Å²) in [6.07, 6.45) is 15.4. The largest absolute Gasteiger partial charge is 0.260 e. The molecule has 2 aromatic rings. The van der Waals surface area contributed by atoms with Crippen molar-refractivity contribution in [1.29, 1.82) is 0 Å². The molecule has 1 unspecified atom stereocenters. The molecule has 5 rings (SSSR count). The zero-order chi connectivity index (χ0) is 18.1. The molecule has 2 aliphatic carbocycles. The Morgan fingerprint density at radius 3 is 2.44 bits per heavy atom. The van der Waals surface area contributed by atoms with Crippen LogP contribution < -0.4 is 0 Å². The maximum absolute atomic E-state index is 4.87. The van der Waals surface area contributed by atoms with Crippen molar-refractivity contribution in [2.45, 2.75) is 62.7 Å². The molecule has 0 radical (unpaired) electrons. The minimum absolute atomic E-state index is 0.244. The Morgan fingerprint density at radius 1 is 0.852 bits per heavy atom. The smallest absolute Gasteiger partial charge is 0.0524 e. The Hall–Kier alpha value is -1.72. The van der Waals surface area contributed by atoms with Gasteiger partial charge in [-0.2, -0.15) is 0 Å². The normalized spacial score (nSPS) is 26.0. The topological polar surface area (TPSA) is 12.9 Å². The van der Waals surface area contributed by atoms with Gasteiger partial charge in [-0.05, 0) is 71.9 Å². The molecule has 2 heterocycles. The number of pyridine rings is 1. The zero-order valence-electron chi connectivity index (χ0n) is 16.0. The van der Waals surface area contributed by atoms with E-state index in [1.807, 2.05) is 6.20 Å². The van der Waals surface area contributed by atoms with Gasteiger partial charge in [0, 0.05) is 6.20 Å². The highest BCUT2D eigenvalue weighted by molar-refractivity contribution is 7.70. The van der Waals surface area contributed by atoms with Crippen molar-refractivity contribution in [1.82, 2.24) is 4.98 Å². The summed E-state index contributed by atoms with van der Waals surface area (Å²) in [5, 5.41) is 1.72. The third kappa shape index (κ3) is 3.21. The molecule has 27 heavy (non-hydrogen) atoms. The molecule has 1 aliphatic heterocycles. The third-order valence-electron chi connectivity index (χ3n) is 6.44. The molecule has 1 aromatic carbocycles. The van der Waals surface area contributed by atoms with E-state index in [1.54, 1.807) is 16.5 Å². The number of hydrogen-bond donors (Lipinski definition) is 0. The average molecular weight is 373 g/mol. The lowest BCUT2D eigenvalue weighted by Gasteiger charge is -2.34. The molecule has 3 aliphatic rings. The fraction of sp³-hybridized carbons (Fsp3) is 0.400. The van der Waals surface area contributed by atoms with Gasteiger partial charge in [-0.3, -0.25) is 4.98 Å². The van der Waals surface area contributed by atoms with Gasteiger partial charge in [-0.25, -0.2) is 0 Å². The number of allylic oxidation sites excluding steroid dienone is 3. The highest BCUT2D eigenvalue weighted by Gasteiger charge is 2.44. The number of hydrogen-bond acceptors (Lipinski definition) is 1. The lowest BCUT2D eigenvalue weighted by Crippen LogP contribution is -2.14. The van der Waals surface area contributed by atoms with Crippen LogP contribution >= 0.6 is 7.92 Å². The fourth-order valence-electron chi connectivity index (χ4n) is 5.28. The summed E-state index contributed by atoms with van der Waals surface area (Å²) in [5.74, 6) is 0. The van der Waals surface area contributed by atoms with Crippen molar-refractivity contribution in [3.05, 3.63) is 83.2 Å². The molecule has 2 heteroatoms. The van der Waals surface area contributed by atoms with Crippen molar-refractivity contribution in [2.24, 2.45) is 0 Å². The minimum Gasteiger partial charge on any atom is -0.260 e. The van der Waals surface area contributed by atoms with Crippen LogP contribution in [0.5, 0.6) is 0 Å². The van der Waals surface area contributed by atoms with E-state index in [-0.39, 0.29) is 7.92 Å². The first-order chi connectivity index (χ1) is 13.4. The Kier molecular flexibility index (Phi) is 4.97. The number of benzene rings is 1. The van der Waals surface area contributed by atoms with Gasteiger partial charge >= 0.3 is 0 Å². The van der Waals surface area contributed by atoms with Gasteiger partial charge in [0.25, 0.3) is 0 Å². The highest BCUT2D eigenvalue weighted by atomic mass is 31.1. The molecule has 1 saturated carbocycles. The van der Waals surface area contributed by atoms with Gasteiger partial charge < -0.3 is 0 Å². The van der Waals surface area contributed by atoms with E-state index in [2.05, 4.69) is 54.6 Å². The molecule has 1 fully saturated rings. The van der Waals surface area contributed by atoms with Crippen LogP contribution in [-0.4, -0.2) is 10.6 Å². The standard InChI is InChI=1S/C25H28NP/c1-3-11-19(12-4-1)24-21-15-7-8-16-22(21)25(23-17-9-10-18-26-23)27(24)20-13-5-2-6-14-20/h1,3-4,9-12,16-18,20,25H,2,5-8,13-15H2/t25-,27?/m0/s1. The lowest BCUT2D eigenvalue weighted by molar-refractivity contribution is 0.511. The predicted molar refractivity (Wildman–Crippen MR) is 116 cm³/mol. The number of nitrogens with zero attached hydrogens (tertiary/aromatic N) is 1. The molecule has 138 valence electrons. The quantitative estimate of drug-likeness (QED) is 0.508. The minimum atomic E-state index is -0.244. The average Bonchev–Trinajstić information content (AvgIpc) is 3.11. The molecular formula is C25H28NP. The maximum atomic E-state index is 4.87. The van der Waals surface area contributed by atoms with E-state index in [4.69, 9.17) is 4.98 Å². The molecule has 1 aromatic heterocycles. The Morgan fingerprint density at radius 2 is 1.67 bits per heavy atom. The summed E-state index contributed by atoms with van der Waals surface area (Å²) in [4.78, 5) is 4.87. The monoisotopic (exact) mass is 373 g/mol. The summed E-state index contributed by atoms with van der Waals surface area (Å²) in [7, 11) is -0.244. The summed E-state index contributed by atoms with van der Waals surface area (Å²) in [6, 6.07) is 17.8. The van der Waals surface area contributed by atoms with E-state index in [0.29, 0.717) is 5.66 Å². The van der Waals surface area contributed by atoms with Crippen LogP contribution in [-0.2, 0) is 0 Å². The van der Waals surface area contributed by atoms with Gasteiger partial charge in [0.2, 0.25) is 0 Å². The zero-order valence-corrected chi connectivity index (χ0v) is 16.9. The molecule has 0 bridgehead atoms. The molecule has 0 amide bonds. The van der Waals surface area contributed by atoms with Crippen LogP contribution in [0.4, 0.5) is 0 Å². The van der Waals surface area contributed by atoms with Crippen LogP contribution in [0.3, 0.4) is 0 Å². The van der Waals surface area contributed by atoms with E-state index in [0.717, 1.165) is 5.66 Å². The van der Waals surface area contributed by atoms with Crippen molar-refractivity contribution >= 4 is 13.2 Å². The molecule has 2 atom stereocenters. The first-order valence-corrected chi connectivity index (χ1v) is 12.1. The van der Waals surface area contributed by atoms with Crippen LogP contribution in [0.25, 0.3) is 5.31 Å². The van der Waals surface area contributed by atoms with Crippen LogP contribution in [0.2, 0.25) is 0 Å². The van der Waals surface area contributed by atoms with Crippen molar-refractivity contribution in [2.75, 3.05) is 0 Å². The lowest BCUT2D eigenvalue weighted by atomic mass is 9.89. The summed E-state index contributed by atoms with van der Waals surface area (Å²) < 4.78 is 0. The van der Waals surface area contributed by atoms with Crippen LogP contribution in [0.15, 0.2) is 72.0 Å². The maximum Gasteiger partial charge on any atom is 0.0524 e. The van der Waals surface area contributed by atoms with Gasteiger partial charge in [-0.15, -0.1) is 0 Å². The number of rotatable bonds is 3. The Balaban J connectivity index is 1.68. The second-order valence-corrected chi connectivity index (χ2v) is 10.6. The fourth-order valence-corrected chi connectivity index (χ4v) is 9.25. The Labute approximate surface area is 164 Å². The molecule has 0 N–H and O–H groups in total. The van der Waals surface area contributed by atoms with Crippen molar-refractivity contribution in [3.63, 3.8) is 0 Å². The molecule has 1 nitrogen and oxygen atoms in total. The second kappa shape index (κ2) is 7.72. The number of aromatic nitrogens is 1. The highest BCUT2D eigenvalue weighted by Crippen LogP contribution is 2.75. The second-order valence-electron chi connectivity index (χ2n) is 8.10. The van der Waals surface area contributed by atoms with Crippen LogP contribution in [0.1, 0.15) is 68.3 Å². The van der Waals surface area contributed by atoms with Crippen molar-refractivity contribution in [3.8, 4) is 0 Å². The third-order valence-corrected chi connectivity index (χ3v) is 9.89. The van der Waals surface area contributed by atoms with E-state index in [1.165, 1.54) is 62.6 Å². The van der Waals surface area contributed by atoms with Gasteiger partial charge in [0.15, 0.2) is 0 Å². The van der Waals surface area contributed by atoms with Gasteiger partial charge in [0.05, 0.1) is 11.4 Å². The molecule has 0 spiro atoms. The van der Waals surface area contributed by atoms with E-state index >= 15 is 0 Å². The van der Waals surface area contributed by atoms with Gasteiger partial charge in [0.1, 0.15) is 0 Å². The Bertz CT molecular complexity index is 846. The number of fused-ring (bicyclic) bond motifs is 1. The molecule has 0 saturated heterocycles. The summed E-state index contributed by atoms with van der Waals surface area (Å²) >= 11 is 0. The van der Waals surface area contributed by atoms with E-state index in [9.17, 15) is 0 Å². The van der Waals surface area contributed by atoms with Crippen LogP contribution in [0, 0.1) is 0 Å². The van der Waals surface area contributed by atoms with Crippen molar-refractivity contribution < 1.29 is 0 Å². The van der Waals surface area contributed by atoms with E-state index < -0.39 is 0 Å². The predicted octanol–water partition coefficient (Wildman–Crippen LogP) is 7.47. The summed E-state index contributed by atoms with van der Waals surface area (Å²) in [6.45, 7) is 0. The first-order valence-electron chi connectivity index (χ1n) is 10.6. The molecular weight excluding hydrogens is 345 g/mol. The SMILES string of the molecule is C1=C2C(=C(c3ccccc3)P(C3CCCCC3)[C@@H]2c2ccccn2)CCC1. The summed E-state index contributed by atoms with van der Waals surface area (Å²) in [5.41, 5.74) is 7.49.